The number of cyclic esters (lactones) is 1. The molecule has 0 spiro atoms. The van der Waals surface area contributed by atoms with Crippen molar-refractivity contribution in [2.75, 3.05) is 5.75 Å². The van der Waals surface area contributed by atoms with Gasteiger partial charge in [-0.25, -0.2) is 0 Å². The van der Waals surface area contributed by atoms with Gasteiger partial charge < -0.3 is 4.74 Å². The molecular formula is C9H12O2S. The summed E-state index contributed by atoms with van der Waals surface area (Å²) in [7, 11) is 0. The molecule has 2 rings (SSSR count). The van der Waals surface area contributed by atoms with E-state index in [0.29, 0.717) is 11.2 Å². The summed E-state index contributed by atoms with van der Waals surface area (Å²) >= 11 is 1.87. The quantitative estimate of drug-likeness (QED) is 0.537. The normalized spacial score (nSPS) is 40.3. The smallest absolute Gasteiger partial charge is 0.315 e. The highest BCUT2D eigenvalue weighted by Crippen LogP contribution is 2.43. The van der Waals surface area contributed by atoms with E-state index >= 15 is 0 Å². The Kier molecular flexibility index (Phi) is 1.91. The topological polar surface area (TPSA) is 26.3 Å². The lowest BCUT2D eigenvalue weighted by Crippen LogP contribution is -2.31. The van der Waals surface area contributed by atoms with Gasteiger partial charge >= 0.3 is 5.97 Å². The molecule has 0 N–H and O–H groups in total. The second kappa shape index (κ2) is 2.80. The van der Waals surface area contributed by atoms with Crippen molar-refractivity contribution in [3.05, 3.63) is 11.8 Å². The number of hydrogen-bond acceptors (Lipinski definition) is 3. The monoisotopic (exact) mass is 184 g/mol. The van der Waals surface area contributed by atoms with Crippen LogP contribution in [0.5, 0.6) is 0 Å². The second-order valence-corrected chi connectivity index (χ2v) is 4.88. The third-order valence-electron chi connectivity index (χ3n) is 2.70. The summed E-state index contributed by atoms with van der Waals surface area (Å²) in [6.45, 7) is 4.15. The Morgan fingerprint density at radius 3 is 3.08 bits per heavy atom. The van der Waals surface area contributed by atoms with Gasteiger partial charge in [-0.05, 0) is 12.5 Å². The highest BCUT2D eigenvalue weighted by atomic mass is 32.2. The van der Waals surface area contributed by atoms with E-state index < -0.39 is 0 Å². The van der Waals surface area contributed by atoms with Crippen molar-refractivity contribution in [1.29, 1.82) is 0 Å². The van der Waals surface area contributed by atoms with Gasteiger partial charge in [0.25, 0.3) is 0 Å². The molecule has 0 aromatic rings. The number of allylic oxidation sites excluding steroid dienone is 1. The molecule has 2 nitrogen and oxygen atoms in total. The van der Waals surface area contributed by atoms with Gasteiger partial charge in [0, 0.05) is 16.9 Å². The van der Waals surface area contributed by atoms with Crippen molar-refractivity contribution < 1.29 is 9.53 Å². The Bertz CT molecular complexity index is 247. The number of carbonyl (C=O) groups is 1. The van der Waals surface area contributed by atoms with Gasteiger partial charge in [-0.1, -0.05) is 6.92 Å². The van der Waals surface area contributed by atoms with E-state index in [2.05, 4.69) is 6.92 Å². The predicted octanol–water partition coefficient (Wildman–Crippen LogP) is 1.81. The summed E-state index contributed by atoms with van der Waals surface area (Å²) in [5, 5.41) is 0.422. The fraction of sp³-hybridized carbons (Fsp3) is 0.667. The Balaban J connectivity index is 2.29. The van der Waals surface area contributed by atoms with E-state index in [1.165, 1.54) is 5.57 Å². The average Bonchev–Trinajstić information content (AvgIpc) is 2.42. The van der Waals surface area contributed by atoms with Crippen LogP contribution in [-0.4, -0.2) is 17.0 Å². The van der Waals surface area contributed by atoms with Crippen molar-refractivity contribution in [3.63, 3.8) is 0 Å². The first-order chi connectivity index (χ1) is 5.70. The standard InChI is InChI=1S/C9H12O2S/c1-5-3-11-9(10)8-6(2)12-4-7(5)8/h3,6-8H,4H2,1-2H3. The lowest BCUT2D eigenvalue weighted by molar-refractivity contribution is -0.145. The first-order valence-electron chi connectivity index (χ1n) is 4.19. The minimum Gasteiger partial charge on any atom is -0.434 e. The maximum absolute atomic E-state index is 11.4. The number of rotatable bonds is 0. The molecular weight excluding hydrogens is 172 g/mol. The zero-order valence-corrected chi connectivity index (χ0v) is 8.06. The minimum atomic E-state index is -0.0388. The summed E-state index contributed by atoms with van der Waals surface area (Å²) in [5.74, 6) is 1.58. The van der Waals surface area contributed by atoms with Gasteiger partial charge in [0.1, 0.15) is 0 Å². The summed E-state index contributed by atoms with van der Waals surface area (Å²) in [6.07, 6.45) is 1.61. The van der Waals surface area contributed by atoms with E-state index in [1.807, 2.05) is 18.7 Å². The van der Waals surface area contributed by atoms with Crippen molar-refractivity contribution in [3.8, 4) is 0 Å². The van der Waals surface area contributed by atoms with Crippen LogP contribution in [0.15, 0.2) is 11.8 Å². The third-order valence-corrected chi connectivity index (χ3v) is 4.07. The lowest BCUT2D eigenvalue weighted by Gasteiger charge is -2.24. The molecule has 2 heterocycles. The molecule has 0 aliphatic carbocycles. The van der Waals surface area contributed by atoms with Crippen LogP contribution in [0.1, 0.15) is 13.8 Å². The zero-order chi connectivity index (χ0) is 8.72. The highest BCUT2D eigenvalue weighted by Gasteiger charge is 2.43. The van der Waals surface area contributed by atoms with Crippen LogP contribution in [-0.2, 0) is 9.53 Å². The molecule has 0 amide bonds. The Morgan fingerprint density at radius 1 is 1.67 bits per heavy atom. The van der Waals surface area contributed by atoms with E-state index in [-0.39, 0.29) is 11.9 Å². The van der Waals surface area contributed by atoms with Gasteiger partial charge in [0.05, 0.1) is 12.2 Å². The lowest BCUT2D eigenvalue weighted by atomic mass is 9.85. The molecule has 3 atom stereocenters. The first-order valence-corrected chi connectivity index (χ1v) is 5.24. The summed E-state index contributed by atoms with van der Waals surface area (Å²) in [6, 6.07) is 0. The van der Waals surface area contributed by atoms with Gasteiger partial charge in [0.2, 0.25) is 0 Å². The molecule has 0 aromatic heterocycles. The number of ether oxygens (including phenoxy) is 1. The molecule has 0 radical (unpaired) electrons. The predicted molar refractivity (Wildman–Crippen MR) is 48.7 cm³/mol. The number of esters is 1. The van der Waals surface area contributed by atoms with Crippen LogP contribution >= 0.6 is 11.8 Å². The summed E-state index contributed by atoms with van der Waals surface area (Å²) in [4.78, 5) is 11.4. The molecule has 2 aliphatic heterocycles. The van der Waals surface area contributed by atoms with Crippen LogP contribution in [0.2, 0.25) is 0 Å². The number of fused-ring (bicyclic) bond motifs is 1. The highest BCUT2D eigenvalue weighted by molar-refractivity contribution is 8.00. The Morgan fingerprint density at radius 2 is 2.42 bits per heavy atom. The second-order valence-electron chi connectivity index (χ2n) is 3.47. The molecule has 3 heteroatoms. The maximum atomic E-state index is 11.4. The average molecular weight is 184 g/mol. The third kappa shape index (κ3) is 1.07. The largest absolute Gasteiger partial charge is 0.434 e. The first kappa shape index (κ1) is 8.17. The number of thioether (sulfide) groups is 1. The molecule has 1 saturated heterocycles. The van der Waals surface area contributed by atoms with Crippen LogP contribution in [0, 0.1) is 11.8 Å². The molecule has 0 bridgehead atoms. The van der Waals surface area contributed by atoms with Gasteiger partial charge in [-0.3, -0.25) is 4.79 Å². The van der Waals surface area contributed by atoms with Crippen molar-refractivity contribution in [2.24, 2.45) is 11.8 Å². The van der Waals surface area contributed by atoms with Crippen molar-refractivity contribution >= 4 is 17.7 Å². The molecule has 0 aromatic carbocycles. The Hall–Kier alpha value is -0.440. The minimum absolute atomic E-state index is 0.0388. The van der Waals surface area contributed by atoms with Crippen LogP contribution in [0.25, 0.3) is 0 Å². The molecule has 12 heavy (non-hydrogen) atoms. The van der Waals surface area contributed by atoms with E-state index in [0.717, 1.165) is 5.75 Å². The zero-order valence-electron chi connectivity index (χ0n) is 7.24. The SMILES string of the molecule is CC1=COC(=O)C2C(C)SCC12. The fourth-order valence-electron chi connectivity index (χ4n) is 1.88. The molecule has 1 fully saturated rings. The van der Waals surface area contributed by atoms with E-state index in [1.54, 1.807) is 6.26 Å². The van der Waals surface area contributed by atoms with Crippen molar-refractivity contribution in [1.82, 2.24) is 0 Å². The van der Waals surface area contributed by atoms with Gasteiger partial charge in [-0.2, -0.15) is 11.8 Å². The van der Waals surface area contributed by atoms with E-state index in [4.69, 9.17) is 4.74 Å². The number of hydrogen-bond donors (Lipinski definition) is 0. The van der Waals surface area contributed by atoms with E-state index in [9.17, 15) is 4.79 Å². The number of carbonyl (C=O) groups excluding carboxylic acids is 1. The van der Waals surface area contributed by atoms with Gasteiger partial charge in [-0.15, -0.1) is 0 Å². The fourth-order valence-corrected chi connectivity index (χ4v) is 3.37. The maximum Gasteiger partial charge on any atom is 0.315 e. The molecule has 3 unspecified atom stereocenters. The van der Waals surface area contributed by atoms with Crippen LogP contribution in [0.3, 0.4) is 0 Å². The molecule has 2 aliphatic rings. The van der Waals surface area contributed by atoms with Crippen LogP contribution in [0.4, 0.5) is 0 Å². The Labute approximate surface area is 76.4 Å². The van der Waals surface area contributed by atoms with Gasteiger partial charge in [0.15, 0.2) is 0 Å². The summed E-state index contributed by atoms with van der Waals surface area (Å²) in [5.41, 5.74) is 1.22. The van der Waals surface area contributed by atoms with Crippen LogP contribution < -0.4 is 0 Å². The van der Waals surface area contributed by atoms with Crippen molar-refractivity contribution in [2.45, 2.75) is 19.1 Å². The summed E-state index contributed by atoms with van der Waals surface area (Å²) < 4.78 is 4.96. The molecule has 66 valence electrons. The molecule has 0 saturated carbocycles.